The average molecular weight is 199 g/mol. The molecule has 0 aliphatic carbocycles. The minimum atomic E-state index is 0.413. The highest BCUT2D eigenvalue weighted by atomic mass is 14.9. The van der Waals surface area contributed by atoms with Gasteiger partial charge in [0.2, 0.25) is 0 Å². The molecule has 1 aliphatic heterocycles. The summed E-state index contributed by atoms with van der Waals surface area (Å²) >= 11 is 0. The van der Waals surface area contributed by atoms with Crippen LogP contribution in [0.5, 0.6) is 0 Å². The summed E-state index contributed by atoms with van der Waals surface area (Å²) in [4.78, 5) is 0. The third kappa shape index (κ3) is 2.37. The second kappa shape index (κ2) is 4.94. The smallest absolute Gasteiger partial charge is 0.0208 e. The highest BCUT2D eigenvalue weighted by molar-refractivity contribution is 5.26. The number of nitrogens with one attached hydrogen (secondary N) is 1. The van der Waals surface area contributed by atoms with Gasteiger partial charge < -0.3 is 5.32 Å². The zero-order valence-electron chi connectivity index (χ0n) is 8.89. The summed E-state index contributed by atoms with van der Waals surface area (Å²) in [6, 6.07) is 11.1. The van der Waals surface area contributed by atoms with Crippen LogP contribution in [-0.2, 0) is 0 Å². The first-order valence-electron chi connectivity index (χ1n) is 5.47. The molecule has 0 amide bonds. The van der Waals surface area contributed by atoms with Gasteiger partial charge in [-0.3, -0.25) is 0 Å². The SMILES string of the molecule is C=CC(c1ccccc1)C1CC=CCN1. The van der Waals surface area contributed by atoms with Crippen LogP contribution in [-0.4, -0.2) is 12.6 Å². The molecule has 2 rings (SSSR count). The number of hydrogen-bond donors (Lipinski definition) is 1. The van der Waals surface area contributed by atoms with Crippen LogP contribution in [0.4, 0.5) is 0 Å². The van der Waals surface area contributed by atoms with Crippen LogP contribution in [0.15, 0.2) is 55.1 Å². The maximum absolute atomic E-state index is 3.95. The van der Waals surface area contributed by atoms with Crippen molar-refractivity contribution < 1.29 is 0 Å². The fourth-order valence-corrected chi connectivity index (χ4v) is 2.11. The second-order valence-electron chi connectivity index (χ2n) is 3.89. The zero-order chi connectivity index (χ0) is 10.5. The summed E-state index contributed by atoms with van der Waals surface area (Å²) in [5, 5.41) is 3.51. The Kier molecular flexibility index (Phi) is 3.36. The first-order valence-corrected chi connectivity index (χ1v) is 5.47. The van der Waals surface area contributed by atoms with Gasteiger partial charge >= 0.3 is 0 Å². The highest BCUT2D eigenvalue weighted by Crippen LogP contribution is 2.24. The molecule has 0 fully saturated rings. The topological polar surface area (TPSA) is 12.0 Å². The molecule has 78 valence electrons. The summed E-state index contributed by atoms with van der Waals surface area (Å²) < 4.78 is 0. The monoisotopic (exact) mass is 199 g/mol. The molecule has 0 bridgehead atoms. The highest BCUT2D eigenvalue weighted by Gasteiger charge is 2.19. The fourth-order valence-electron chi connectivity index (χ4n) is 2.11. The lowest BCUT2D eigenvalue weighted by Gasteiger charge is -2.27. The predicted octanol–water partition coefficient (Wildman–Crippen LogP) is 2.87. The van der Waals surface area contributed by atoms with Crippen LogP contribution in [0.1, 0.15) is 17.9 Å². The maximum Gasteiger partial charge on any atom is 0.0208 e. The largest absolute Gasteiger partial charge is 0.309 e. The lowest BCUT2D eigenvalue weighted by atomic mass is 9.88. The average Bonchev–Trinajstić information content (AvgIpc) is 2.33. The first kappa shape index (κ1) is 10.2. The van der Waals surface area contributed by atoms with Crippen molar-refractivity contribution in [3.05, 3.63) is 60.7 Å². The Morgan fingerprint density at radius 2 is 2.07 bits per heavy atom. The molecule has 1 heteroatoms. The molecule has 0 radical (unpaired) electrons. The van der Waals surface area contributed by atoms with Crippen LogP contribution < -0.4 is 5.32 Å². The van der Waals surface area contributed by atoms with Crippen molar-refractivity contribution in [3.63, 3.8) is 0 Å². The van der Waals surface area contributed by atoms with Gasteiger partial charge in [0, 0.05) is 18.5 Å². The second-order valence-corrected chi connectivity index (χ2v) is 3.89. The summed E-state index contributed by atoms with van der Waals surface area (Å²) in [5.74, 6) is 0.413. The Hall–Kier alpha value is -1.34. The standard InChI is InChI=1S/C14H17N/c1-2-13(12-8-4-3-5-9-12)14-10-6-7-11-15-14/h2-9,13-15H,1,10-11H2. The summed E-state index contributed by atoms with van der Waals surface area (Å²) in [6.45, 7) is 4.92. The molecule has 2 unspecified atom stereocenters. The maximum atomic E-state index is 3.95. The molecular formula is C14H17N. The van der Waals surface area contributed by atoms with E-state index in [1.54, 1.807) is 0 Å². The van der Waals surface area contributed by atoms with Crippen LogP contribution in [0.25, 0.3) is 0 Å². The van der Waals surface area contributed by atoms with E-state index in [-0.39, 0.29) is 0 Å². The molecule has 0 saturated carbocycles. The van der Waals surface area contributed by atoms with Crippen molar-refractivity contribution >= 4 is 0 Å². The Bertz CT molecular complexity index is 340. The molecule has 15 heavy (non-hydrogen) atoms. The van der Waals surface area contributed by atoms with Gasteiger partial charge in [-0.1, -0.05) is 48.6 Å². The van der Waals surface area contributed by atoms with Crippen LogP contribution in [0.2, 0.25) is 0 Å². The van der Waals surface area contributed by atoms with Crippen molar-refractivity contribution in [3.8, 4) is 0 Å². The van der Waals surface area contributed by atoms with Gasteiger partial charge in [0.15, 0.2) is 0 Å². The first-order chi connectivity index (χ1) is 7.42. The molecule has 2 atom stereocenters. The molecule has 1 aliphatic rings. The van der Waals surface area contributed by atoms with Gasteiger partial charge in [-0.05, 0) is 12.0 Å². The van der Waals surface area contributed by atoms with Gasteiger partial charge in [-0.25, -0.2) is 0 Å². The molecule has 1 nitrogen and oxygen atoms in total. The van der Waals surface area contributed by atoms with Crippen LogP contribution in [0.3, 0.4) is 0 Å². The van der Waals surface area contributed by atoms with E-state index >= 15 is 0 Å². The van der Waals surface area contributed by atoms with Crippen molar-refractivity contribution in [2.24, 2.45) is 0 Å². The van der Waals surface area contributed by atoms with Gasteiger partial charge in [-0.2, -0.15) is 0 Å². The van der Waals surface area contributed by atoms with Crippen molar-refractivity contribution in [2.45, 2.75) is 18.4 Å². The predicted molar refractivity (Wildman–Crippen MR) is 64.9 cm³/mol. The van der Waals surface area contributed by atoms with E-state index in [9.17, 15) is 0 Å². The van der Waals surface area contributed by atoms with E-state index in [0.717, 1.165) is 13.0 Å². The van der Waals surface area contributed by atoms with E-state index in [1.807, 2.05) is 6.08 Å². The molecule has 1 aromatic carbocycles. The third-order valence-corrected chi connectivity index (χ3v) is 2.93. The van der Waals surface area contributed by atoms with Gasteiger partial charge in [0.1, 0.15) is 0 Å². The Morgan fingerprint density at radius 3 is 2.67 bits per heavy atom. The summed E-state index contributed by atoms with van der Waals surface area (Å²) in [7, 11) is 0. The minimum Gasteiger partial charge on any atom is -0.309 e. The van der Waals surface area contributed by atoms with Gasteiger partial charge in [-0.15, -0.1) is 6.58 Å². The zero-order valence-corrected chi connectivity index (χ0v) is 8.89. The number of hydrogen-bond acceptors (Lipinski definition) is 1. The number of benzene rings is 1. The molecule has 1 N–H and O–H groups in total. The normalized spacial score (nSPS) is 22.3. The molecule has 0 saturated heterocycles. The molecule has 1 aromatic rings. The van der Waals surface area contributed by atoms with E-state index in [4.69, 9.17) is 0 Å². The minimum absolute atomic E-state index is 0.413. The molecular weight excluding hydrogens is 182 g/mol. The fraction of sp³-hybridized carbons (Fsp3) is 0.286. The lowest BCUT2D eigenvalue weighted by molar-refractivity contribution is 0.487. The van der Waals surface area contributed by atoms with Crippen LogP contribution in [0, 0.1) is 0 Å². The quantitative estimate of drug-likeness (QED) is 0.738. The van der Waals surface area contributed by atoms with Crippen LogP contribution >= 0.6 is 0 Å². The van der Waals surface area contributed by atoms with Crippen molar-refractivity contribution in [1.82, 2.24) is 5.32 Å². The van der Waals surface area contributed by atoms with Gasteiger partial charge in [0.25, 0.3) is 0 Å². The lowest BCUT2D eigenvalue weighted by Crippen LogP contribution is -2.36. The van der Waals surface area contributed by atoms with Crippen molar-refractivity contribution in [1.29, 1.82) is 0 Å². The Labute approximate surface area is 91.5 Å². The Balaban J connectivity index is 2.17. The van der Waals surface area contributed by atoms with E-state index in [1.165, 1.54) is 5.56 Å². The van der Waals surface area contributed by atoms with E-state index < -0.39 is 0 Å². The van der Waals surface area contributed by atoms with E-state index in [2.05, 4.69) is 54.4 Å². The van der Waals surface area contributed by atoms with Gasteiger partial charge in [0.05, 0.1) is 0 Å². The molecule has 0 aromatic heterocycles. The third-order valence-electron chi connectivity index (χ3n) is 2.93. The number of rotatable bonds is 3. The summed E-state index contributed by atoms with van der Waals surface area (Å²) in [5.41, 5.74) is 1.35. The summed E-state index contributed by atoms with van der Waals surface area (Å²) in [6.07, 6.45) is 7.57. The molecule has 1 heterocycles. The molecule has 0 spiro atoms. The Morgan fingerprint density at radius 1 is 1.27 bits per heavy atom. The van der Waals surface area contributed by atoms with Crippen molar-refractivity contribution in [2.75, 3.05) is 6.54 Å². The van der Waals surface area contributed by atoms with E-state index in [0.29, 0.717) is 12.0 Å².